The van der Waals surface area contributed by atoms with E-state index in [2.05, 4.69) is 17.2 Å². The fourth-order valence-corrected chi connectivity index (χ4v) is 2.35. The average Bonchev–Trinajstić information content (AvgIpc) is 2.72. The first-order valence-corrected chi connectivity index (χ1v) is 6.00. The molecule has 0 aromatic carbocycles. The van der Waals surface area contributed by atoms with Crippen LogP contribution in [0.15, 0.2) is 11.6 Å². The Morgan fingerprint density at radius 2 is 2.53 bits per heavy atom. The van der Waals surface area contributed by atoms with Crippen LogP contribution in [0.4, 0.5) is 0 Å². The molecular weight excluding hydrogens is 232 g/mol. The van der Waals surface area contributed by atoms with Gasteiger partial charge in [-0.15, -0.1) is 23.7 Å². The summed E-state index contributed by atoms with van der Waals surface area (Å²) in [5, 5.41) is 6.42. The Bertz CT molecular complexity index is 262. The van der Waals surface area contributed by atoms with Crippen LogP contribution in [0.2, 0.25) is 0 Å². The van der Waals surface area contributed by atoms with Gasteiger partial charge in [0.25, 0.3) is 0 Å². The number of halogens is 1. The van der Waals surface area contributed by atoms with Gasteiger partial charge in [-0.2, -0.15) is 0 Å². The summed E-state index contributed by atoms with van der Waals surface area (Å²) in [5.74, 6) is 0. The third-order valence-electron chi connectivity index (χ3n) is 2.45. The minimum absolute atomic E-state index is 0. The number of ether oxygens (including phenoxy) is 1. The SMILES string of the molecule is CC(O[C@@H]1CCCNC1)c1nccs1.Cl. The van der Waals surface area contributed by atoms with Crippen LogP contribution in [0.5, 0.6) is 0 Å². The molecule has 3 nitrogen and oxygen atoms in total. The van der Waals surface area contributed by atoms with Gasteiger partial charge in [0.15, 0.2) is 0 Å². The molecule has 1 saturated heterocycles. The van der Waals surface area contributed by atoms with Crippen molar-refractivity contribution in [2.45, 2.75) is 32.0 Å². The van der Waals surface area contributed by atoms with Gasteiger partial charge in [0, 0.05) is 18.1 Å². The molecule has 0 amide bonds. The Morgan fingerprint density at radius 3 is 3.13 bits per heavy atom. The molecule has 1 aromatic heterocycles. The van der Waals surface area contributed by atoms with Crippen molar-refractivity contribution in [1.29, 1.82) is 0 Å². The lowest BCUT2D eigenvalue weighted by atomic mass is 10.1. The van der Waals surface area contributed by atoms with Crippen LogP contribution in [0, 0.1) is 0 Å². The number of nitrogens with one attached hydrogen (secondary N) is 1. The van der Waals surface area contributed by atoms with Crippen LogP contribution < -0.4 is 5.32 Å². The monoisotopic (exact) mass is 248 g/mol. The lowest BCUT2D eigenvalue weighted by Gasteiger charge is -2.25. The molecule has 0 saturated carbocycles. The largest absolute Gasteiger partial charge is 0.367 e. The maximum Gasteiger partial charge on any atom is 0.121 e. The molecule has 1 fully saturated rings. The maximum atomic E-state index is 5.92. The summed E-state index contributed by atoms with van der Waals surface area (Å²) in [6, 6.07) is 0. The quantitative estimate of drug-likeness (QED) is 0.892. The number of aromatic nitrogens is 1. The molecule has 0 bridgehead atoms. The van der Waals surface area contributed by atoms with Crippen molar-refractivity contribution in [2.75, 3.05) is 13.1 Å². The lowest BCUT2D eigenvalue weighted by molar-refractivity contribution is -0.0150. The standard InChI is InChI=1S/C10H16N2OS.ClH/c1-8(10-12-5-6-14-10)13-9-3-2-4-11-7-9;/h5-6,8-9,11H,2-4,7H2,1H3;1H/t8?,9-;/m1./s1. The number of hydrogen-bond donors (Lipinski definition) is 1. The van der Waals surface area contributed by atoms with E-state index in [1.165, 1.54) is 12.8 Å². The summed E-state index contributed by atoms with van der Waals surface area (Å²) in [4.78, 5) is 4.25. The summed E-state index contributed by atoms with van der Waals surface area (Å²) in [6.45, 7) is 4.19. The van der Waals surface area contributed by atoms with Crippen molar-refractivity contribution in [3.8, 4) is 0 Å². The summed E-state index contributed by atoms with van der Waals surface area (Å²) in [6.07, 6.45) is 4.72. The van der Waals surface area contributed by atoms with E-state index < -0.39 is 0 Å². The summed E-state index contributed by atoms with van der Waals surface area (Å²) < 4.78 is 5.92. The summed E-state index contributed by atoms with van der Waals surface area (Å²) >= 11 is 1.66. The van der Waals surface area contributed by atoms with Gasteiger partial charge in [0.05, 0.1) is 6.10 Å². The van der Waals surface area contributed by atoms with Crippen molar-refractivity contribution in [3.63, 3.8) is 0 Å². The zero-order valence-corrected chi connectivity index (χ0v) is 10.4. The van der Waals surface area contributed by atoms with Crippen molar-refractivity contribution < 1.29 is 4.74 Å². The van der Waals surface area contributed by atoms with Crippen LogP contribution in [-0.4, -0.2) is 24.2 Å². The number of rotatable bonds is 3. The van der Waals surface area contributed by atoms with E-state index in [9.17, 15) is 0 Å². The van der Waals surface area contributed by atoms with Crippen LogP contribution in [0.3, 0.4) is 0 Å². The highest BCUT2D eigenvalue weighted by molar-refractivity contribution is 7.09. The Labute approximate surface area is 101 Å². The van der Waals surface area contributed by atoms with Gasteiger partial charge in [-0.25, -0.2) is 4.98 Å². The number of nitrogens with zero attached hydrogens (tertiary/aromatic N) is 1. The second-order valence-corrected chi connectivity index (χ2v) is 4.54. The average molecular weight is 249 g/mol. The van der Waals surface area contributed by atoms with Gasteiger partial charge in [0.1, 0.15) is 11.1 Å². The molecular formula is C10H17ClN2OS. The molecule has 1 N–H and O–H groups in total. The molecule has 1 aliphatic heterocycles. The van der Waals surface area contributed by atoms with Gasteiger partial charge >= 0.3 is 0 Å². The van der Waals surface area contributed by atoms with Gasteiger partial charge < -0.3 is 10.1 Å². The molecule has 1 aliphatic rings. The van der Waals surface area contributed by atoms with Crippen molar-refractivity contribution in [1.82, 2.24) is 10.3 Å². The van der Waals surface area contributed by atoms with E-state index in [-0.39, 0.29) is 18.5 Å². The second kappa shape index (κ2) is 6.43. The first-order valence-electron chi connectivity index (χ1n) is 5.12. The summed E-state index contributed by atoms with van der Waals surface area (Å²) in [7, 11) is 0. The smallest absolute Gasteiger partial charge is 0.121 e. The van der Waals surface area contributed by atoms with Crippen molar-refractivity contribution >= 4 is 23.7 Å². The Hall–Kier alpha value is -0.160. The van der Waals surface area contributed by atoms with Crippen LogP contribution >= 0.6 is 23.7 Å². The first kappa shape index (κ1) is 12.9. The molecule has 1 aromatic rings. The number of hydrogen-bond acceptors (Lipinski definition) is 4. The van der Waals surface area contributed by atoms with Gasteiger partial charge in [-0.3, -0.25) is 0 Å². The normalized spacial score (nSPS) is 23.1. The fourth-order valence-electron chi connectivity index (χ4n) is 1.72. The molecule has 0 radical (unpaired) electrons. The van der Waals surface area contributed by atoms with Crippen LogP contribution in [0.25, 0.3) is 0 Å². The number of piperidine rings is 1. The molecule has 1 unspecified atom stereocenters. The van der Waals surface area contributed by atoms with E-state index in [4.69, 9.17) is 4.74 Å². The maximum absolute atomic E-state index is 5.92. The zero-order valence-electron chi connectivity index (χ0n) is 8.81. The Balaban J connectivity index is 0.00000112. The highest BCUT2D eigenvalue weighted by Gasteiger charge is 2.18. The molecule has 15 heavy (non-hydrogen) atoms. The topological polar surface area (TPSA) is 34.1 Å². The lowest BCUT2D eigenvalue weighted by Crippen LogP contribution is -2.35. The molecule has 2 rings (SSSR count). The third-order valence-corrected chi connectivity index (χ3v) is 3.38. The predicted octanol–water partition coefficient (Wildman–Crippen LogP) is 2.39. The first-order chi connectivity index (χ1) is 6.86. The Morgan fingerprint density at radius 1 is 1.67 bits per heavy atom. The zero-order chi connectivity index (χ0) is 9.80. The number of thiazole rings is 1. The summed E-state index contributed by atoms with van der Waals surface area (Å²) in [5.41, 5.74) is 0. The molecule has 0 spiro atoms. The van der Waals surface area contributed by atoms with Gasteiger partial charge in [0.2, 0.25) is 0 Å². The highest BCUT2D eigenvalue weighted by atomic mass is 35.5. The fraction of sp³-hybridized carbons (Fsp3) is 0.700. The van der Waals surface area contributed by atoms with E-state index in [1.807, 2.05) is 11.6 Å². The van der Waals surface area contributed by atoms with Crippen molar-refractivity contribution in [2.24, 2.45) is 0 Å². The molecule has 2 heterocycles. The molecule has 2 atom stereocenters. The third kappa shape index (κ3) is 3.72. The Kier molecular flexibility index (Phi) is 5.53. The van der Waals surface area contributed by atoms with Crippen LogP contribution in [0.1, 0.15) is 30.9 Å². The predicted molar refractivity (Wildman–Crippen MR) is 64.8 cm³/mol. The van der Waals surface area contributed by atoms with Crippen LogP contribution in [-0.2, 0) is 4.74 Å². The van der Waals surface area contributed by atoms with Crippen molar-refractivity contribution in [3.05, 3.63) is 16.6 Å². The van der Waals surface area contributed by atoms with Gasteiger partial charge in [-0.05, 0) is 26.3 Å². The second-order valence-electron chi connectivity index (χ2n) is 3.62. The van der Waals surface area contributed by atoms with Gasteiger partial charge in [-0.1, -0.05) is 0 Å². The minimum atomic E-state index is 0. The van der Waals surface area contributed by atoms with E-state index in [1.54, 1.807) is 11.3 Å². The molecule has 5 heteroatoms. The minimum Gasteiger partial charge on any atom is -0.367 e. The molecule has 0 aliphatic carbocycles. The van der Waals surface area contributed by atoms with E-state index in [0.29, 0.717) is 6.10 Å². The van der Waals surface area contributed by atoms with E-state index >= 15 is 0 Å². The molecule has 86 valence electrons. The van der Waals surface area contributed by atoms with E-state index in [0.717, 1.165) is 18.1 Å². The highest BCUT2D eigenvalue weighted by Crippen LogP contribution is 2.22.